The lowest BCUT2D eigenvalue weighted by Gasteiger charge is -2.19. The summed E-state index contributed by atoms with van der Waals surface area (Å²) in [6, 6.07) is 10.1. The zero-order chi connectivity index (χ0) is 22.1. The Morgan fingerprint density at radius 2 is 1.63 bits per heavy atom. The first kappa shape index (κ1) is 23.3. The predicted molar refractivity (Wildman–Crippen MR) is 113 cm³/mol. The van der Waals surface area contributed by atoms with Gasteiger partial charge in [-0.15, -0.1) is 0 Å². The second-order valence-electron chi connectivity index (χ2n) is 6.46. The Hall–Kier alpha value is -2.93. The van der Waals surface area contributed by atoms with E-state index in [-0.39, 0.29) is 18.7 Å². The maximum absolute atomic E-state index is 12.6. The quantitative estimate of drug-likeness (QED) is 0.573. The third-order valence-corrected chi connectivity index (χ3v) is 4.92. The van der Waals surface area contributed by atoms with Gasteiger partial charge >= 0.3 is 5.97 Å². The Kier molecular flexibility index (Phi) is 8.80. The minimum Gasteiger partial charge on any atom is -0.493 e. The van der Waals surface area contributed by atoms with Gasteiger partial charge in [-0.2, -0.15) is 0 Å². The normalized spacial score (nSPS) is 11.4. The minimum atomic E-state index is -0.585. The molecule has 0 aliphatic carbocycles. The Morgan fingerprint density at radius 3 is 2.17 bits per heavy atom. The molecule has 0 saturated carbocycles. The maximum atomic E-state index is 12.6. The van der Waals surface area contributed by atoms with Crippen LogP contribution in [0.1, 0.15) is 30.0 Å². The van der Waals surface area contributed by atoms with E-state index >= 15 is 0 Å². The van der Waals surface area contributed by atoms with Crippen LogP contribution in [0.3, 0.4) is 0 Å². The molecule has 0 bridgehead atoms. The van der Waals surface area contributed by atoms with Crippen molar-refractivity contribution in [3.05, 3.63) is 52.5 Å². The molecule has 8 heteroatoms. The fourth-order valence-electron chi connectivity index (χ4n) is 3.05. The number of aryl methyl sites for hydroxylation is 1. The molecule has 0 aliphatic heterocycles. The fourth-order valence-corrected chi connectivity index (χ4v) is 3.32. The molecule has 30 heavy (non-hydrogen) atoms. The molecule has 1 atom stereocenters. The van der Waals surface area contributed by atoms with Crippen LogP contribution < -0.4 is 19.5 Å². The van der Waals surface area contributed by atoms with E-state index in [9.17, 15) is 9.59 Å². The van der Waals surface area contributed by atoms with E-state index in [1.54, 1.807) is 36.4 Å². The van der Waals surface area contributed by atoms with Crippen LogP contribution in [-0.4, -0.2) is 40.3 Å². The number of halogens is 1. The number of nitrogens with one attached hydrogen (secondary N) is 1. The maximum Gasteiger partial charge on any atom is 0.307 e. The summed E-state index contributed by atoms with van der Waals surface area (Å²) in [6.45, 7) is 0. The molecular weight excluding hydrogens is 410 g/mol. The van der Waals surface area contributed by atoms with Gasteiger partial charge in [0.05, 0.1) is 40.9 Å². The Balaban J connectivity index is 2.12. The molecule has 0 heterocycles. The monoisotopic (exact) mass is 435 g/mol. The molecule has 0 radical (unpaired) electrons. The number of esters is 1. The number of methoxy groups -OCH3 is 4. The molecule has 1 N–H and O–H groups in total. The molecule has 0 aliphatic rings. The van der Waals surface area contributed by atoms with Gasteiger partial charge in [0.15, 0.2) is 11.5 Å². The summed E-state index contributed by atoms with van der Waals surface area (Å²) in [7, 11) is 5.91. The summed E-state index contributed by atoms with van der Waals surface area (Å²) in [5.74, 6) is 0.867. The number of benzene rings is 2. The summed E-state index contributed by atoms with van der Waals surface area (Å²) in [5.41, 5.74) is 1.51. The van der Waals surface area contributed by atoms with Gasteiger partial charge in [0.2, 0.25) is 11.7 Å². The van der Waals surface area contributed by atoms with Crippen molar-refractivity contribution in [2.24, 2.45) is 0 Å². The number of amides is 1. The third-order valence-electron chi connectivity index (χ3n) is 4.58. The van der Waals surface area contributed by atoms with Crippen molar-refractivity contribution in [3.8, 4) is 17.2 Å². The first-order valence-corrected chi connectivity index (χ1v) is 9.70. The van der Waals surface area contributed by atoms with Crippen LogP contribution in [0, 0.1) is 0 Å². The van der Waals surface area contributed by atoms with Crippen LogP contribution in [0.4, 0.5) is 0 Å². The van der Waals surface area contributed by atoms with Crippen molar-refractivity contribution in [1.29, 1.82) is 0 Å². The molecule has 1 unspecified atom stereocenters. The van der Waals surface area contributed by atoms with Gasteiger partial charge in [0, 0.05) is 11.4 Å². The zero-order valence-electron chi connectivity index (χ0n) is 17.5. The molecule has 2 aromatic rings. The van der Waals surface area contributed by atoms with Crippen LogP contribution in [0.2, 0.25) is 5.02 Å². The highest BCUT2D eigenvalue weighted by molar-refractivity contribution is 6.31. The first-order valence-electron chi connectivity index (χ1n) is 9.33. The van der Waals surface area contributed by atoms with Crippen LogP contribution >= 0.6 is 11.6 Å². The number of hydrogen-bond acceptors (Lipinski definition) is 6. The van der Waals surface area contributed by atoms with E-state index in [1.807, 2.05) is 0 Å². The summed E-state index contributed by atoms with van der Waals surface area (Å²) < 4.78 is 20.8. The van der Waals surface area contributed by atoms with Crippen molar-refractivity contribution < 1.29 is 28.5 Å². The molecule has 0 spiro atoms. The lowest BCUT2D eigenvalue weighted by Crippen LogP contribution is -2.30. The summed E-state index contributed by atoms with van der Waals surface area (Å²) in [5, 5.41) is 3.35. The SMILES string of the molecule is COC(=O)CC(NC(=O)CCc1cc(OC)c(OC)c(OC)c1)c1ccccc1Cl. The molecule has 2 aromatic carbocycles. The molecule has 162 valence electrons. The summed E-state index contributed by atoms with van der Waals surface area (Å²) >= 11 is 6.25. The van der Waals surface area contributed by atoms with Crippen LogP contribution in [-0.2, 0) is 20.7 Å². The van der Waals surface area contributed by atoms with E-state index < -0.39 is 12.0 Å². The van der Waals surface area contributed by atoms with E-state index in [1.165, 1.54) is 28.4 Å². The average Bonchev–Trinajstić information content (AvgIpc) is 2.76. The molecule has 0 aromatic heterocycles. The largest absolute Gasteiger partial charge is 0.493 e. The van der Waals surface area contributed by atoms with Crippen LogP contribution in [0.15, 0.2) is 36.4 Å². The van der Waals surface area contributed by atoms with E-state index in [0.717, 1.165) is 5.56 Å². The number of rotatable bonds is 10. The number of carbonyl (C=O) groups excluding carboxylic acids is 2. The molecular formula is C22H26ClNO6. The standard InChI is InChI=1S/C22H26ClNO6/c1-27-18-11-14(12-19(28-2)22(18)30-4)9-10-20(25)24-17(13-21(26)29-3)15-7-5-6-8-16(15)23/h5-8,11-12,17H,9-10,13H2,1-4H3,(H,24,25). The number of hydrogen-bond donors (Lipinski definition) is 1. The van der Waals surface area contributed by atoms with Gasteiger partial charge in [-0.05, 0) is 35.7 Å². The molecule has 0 fully saturated rings. The second-order valence-corrected chi connectivity index (χ2v) is 6.86. The highest BCUT2D eigenvalue weighted by Gasteiger charge is 2.21. The minimum absolute atomic E-state index is 0.0177. The molecule has 1 amide bonds. The van der Waals surface area contributed by atoms with Gasteiger partial charge in [-0.3, -0.25) is 9.59 Å². The Labute approximate surface area is 181 Å². The second kappa shape index (κ2) is 11.3. The molecule has 7 nitrogen and oxygen atoms in total. The topological polar surface area (TPSA) is 83.1 Å². The lowest BCUT2D eigenvalue weighted by molar-refractivity contribution is -0.141. The van der Waals surface area contributed by atoms with Crippen LogP contribution in [0.5, 0.6) is 17.2 Å². The van der Waals surface area contributed by atoms with Gasteiger partial charge < -0.3 is 24.3 Å². The van der Waals surface area contributed by atoms with Crippen molar-refractivity contribution in [3.63, 3.8) is 0 Å². The highest BCUT2D eigenvalue weighted by atomic mass is 35.5. The average molecular weight is 436 g/mol. The zero-order valence-corrected chi connectivity index (χ0v) is 18.2. The van der Waals surface area contributed by atoms with Crippen molar-refractivity contribution in [2.45, 2.75) is 25.3 Å². The van der Waals surface area contributed by atoms with Gasteiger partial charge in [0.25, 0.3) is 0 Å². The number of ether oxygens (including phenoxy) is 4. The van der Waals surface area contributed by atoms with E-state index in [0.29, 0.717) is 34.3 Å². The molecule has 2 rings (SSSR count). The predicted octanol–water partition coefficient (Wildman–Crippen LogP) is 3.72. The highest BCUT2D eigenvalue weighted by Crippen LogP contribution is 2.38. The van der Waals surface area contributed by atoms with Gasteiger partial charge in [-0.1, -0.05) is 29.8 Å². The van der Waals surface area contributed by atoms with Crippen molar-refractivity contribution in [1.82, 2.24) is 5.32 Å². The fraction of sp³-hybridized carbons (Fsp3) is 0.364. The lowest BCUT2D eigenvalue weighted by atomic mass is 10.0. The Morgan fingerprint density at radius 1 is 1.00 bits per heavy atom. The summed E-state index contributed by atoms with van der Waals surface area (Å²) in [6.07, 6.45) is 0.618. The van der Waals surface area contributed by atoms with Crippen molar-refractivity contribution >= 4 is 23.5 Å². The smallest absolute Gasteiger partial charge is 0.307 e. The van der Waals surface area contributed by atoms with Crippen LogP contribution in [0.25, 0.3) is 0 Å². The Bertz CT molecular complexity index is 861. The summed E-state index contributed by atoms with van der Waals surface area (Å²) in [4.78, 5) is 24.4. The van der Waals surface area contributed by atoms with Crippen molar-refractivity contribution in [2.75, 3.05) is 28.4 Å². The van der Waals surface area contributed by atoms with Gasteiger partial charge in [-0.25, -0.2) is 0 Å². The van der Waals surface area contributed by atoms with E-state index in [2.05, 4.69) is 5.32 Å². The van der Waals surface area contributed by atoms with Gasteiger partial charge in [0.1, 0.15) is 0 Å². The number of carbonyl (C=O) groups is 2. The first-order chi connectivity index (χ1) is 14.4. The van der Waals surface area contributed by atoms with E-state index in [4.69, 9.17) is 30.5 Å². The third kappa shape index (κ3) is 6.03. The molecule has 0 saturated heterocycles.